The summed E-state index contributed by atoms with van der Waals surface area (Å²) >= 11 is 0. The summed E-state index contributed by atoms with van der Waals surface area (Å²) in [5, 5.41) is 0. The van der Waals surface area contributed by atoms with E-state index in [1.54, 1.807) is 0 Å². The van der Waals surface area contributed by atoms with Gasteiger partial charge in [0.1, 0.15) is 18.3 Å². The van der Waals surface area contributed by atoms with E-state index in [1.165, 1.54) is 0 Å². The summed E-state index contributed by atoms with van der Waals surface area (Å²) in [6.45, 7) is 14.6. The van der Waals surface area contributed by atoms with E-state index in [9.17, 15) is 28.8 Å². The molecule has 9 fully saturated rings. The number of carbonyl (C=O) groups is 6. The third-order valence-corrected chi connectivity index (χ3v) is 15.4. The van der Waals surface area contributed by atoms with Crippen LogP contribution in [0.4, 0.5) is 0 Å². The number of hydrogen-bond acceptors (Lipinski definition) is 13. The average molecular weight is 787 g/mol. The second-order valence-electron chi connectivity index (χ2n) is 19.1. The van der Waals surface area contributed by atoms with Crippen molar-refractivity contribution in [1.29, 1.82) is 0 Å². The Morgan fingerprint density at radius 3 is 2.09 bits per heavy atom. The van der Waals surface area contributed by atoms with Crippen LogP contribution in [-0.4, -0.2) is 85.7 Å². The molecule has 0 N–H and O–H groups in total. The van der Waals surface area contributed by atoms with Crippen molar-refractivity contribution in [2.24, 2.45) is 57.7 Å². The van der Waals surface area contributed by atoms with Crippen LogP contribution in [0.25, 0.3) is 0 Å². The van der Waals surface area contributed by atoms with Gasteiger partial charge in [-0.3, -0.25) is 28.8 Å². The standard InChI is InChI=1S/2C15H22O4.C13H18O5/c1-3-9(2)14(17)19-12-5-10-4-11(12)15(6-10)7-13(16)18-8-15;1-3-9(2)13(16)19-12-7-11-6-10(12)8-15(11)4-5-18-14(15)17;1-4-13(2,3)12(15)18-9-7-5-6-8(16-7)10(9)17-11(6)14/h2*9-12H,3-8H2,1-2H3;6-10H,4-5H2,1-3H3. The van der Waals surface area contributed by atoms with E-state index >= 15 is 0 Å². The van der Waals surface area contributed by atoms with Crippen LogP contribution in [0, 0.1) is 57.7 Å². The number of rotatable bonds is 9. The van der Waals surface area contributed by atoms with Gasteiger partial charge < -0.3 is 33.2 Å². The van der Waals surface area contributed by atoms with Gasteiger partial charge >= 0.3 is 35.8 Å². The number of carbonyl (C=O) groups excluding carboxylic acids is 6. The molecule has 15 unspecified atom stereocenters. The molecular weight excluding hydrogens is 724 g/mol. The first-order chi connectivity index (χ1) is 26.5. The topological polar surface area (TPSA) is 167 Å². The van der Waals surface area contributed by atoms with Crippen LogP contribution in [0.15, 0.2) is 0 Å². The number of fused-ring (bicyclic) bond motifs is 7. The Kier molecular flexibility index (Phi) is 11.3. The van der Waals surface area contributed by atoms with Gasteiger partial charge in [0.25, 0.3) is 0 Å². The SMILES string of the molecule is CCC(C)(C)C(=O)OC1C2CC3C(=O)OC1C3O2.CCC(C)C(=O)OC1CC2CC1C1(COC(=O)C1)C2.CCC(C)C(=O)OC1CC2CC1CC21CCOC1=O. The van der Waals surface area contributed by atoms with Crippen molar-refractivity contribution < 1.29 is 61.9 Å². The van der Waals surface area contributed by atoms with Crippen molar-refractivity contribution in [1.82, 2.24) is 0 Å². The molecular formula is C43H62O13. The fourth-order valence-corrected chi connectivity index (χ4v) is 11.1. The van der Waals surface area contributed by atoms with Gasteiger partial charge in [0, 0.05) is 11.3 Å². The first-order valence-corrected chi connectivity index (χ1v) is 21.4. The molecule has 6 bridgehead atoms. The van der Waals surface area contributed by atoms with E-state index in [2.05, 4.69) is 0 Å². The Balaban J connectivity index is 0.000000129. The molecule has 56 heavy (non-hydrogen) atoms. The van der Waals surface area contributed by atoms with E-state index in [1.807, 2.05) is 48.5 Å². The highest BCUT2D eigenvalue weighted by Crippen LogP contribution is 2.61. The molecule has 4 aliphatic carbocycles. The summed E-state index contributed by atoms with van der Waals surface area (Å²) in [5.74, 6) is 0.758. The molecule has 5 saturated heterocycles. The summed E-state index contributed by atoms with van der Waals surface area (Å²) in [7, 11) is 0. The fourth-order valence-electron chi connectivity index (χ4n) is 11.1. The van der Waals surface area contributed by atoms with Crippen LogP contribution in [-0.2, 0) is 61.9 Å². The van der Waals surface area contributed by atoms with Crippen LogP contribution in [0.1, 0.15) is 126 Å². The molecule has 2 spiro atoms. The van der Waals surface area contributed by atoms with Crippen LogP contribution in [0.3, 0.4) is 0 Å². The fraction of sp³-hybridized carbons (Fsp3) is 0.860. The van der Waals surface area contributed by atoms with Gasteiger partial charge in [-0.15, -0.1) is 0 Å². The minimum absolute atomic E-state index is 0.00768. The second kappa shape index (κ2) is 15.5. The second-order valence-corrected chi connectivity index (χ2v) is 19.1. The number of hydrogen-bond donors (Lipinski definition) is 0. The lowest BCUT2D eigenvalue weighted by atomic mass is 9.71. The van der Waals surface area contributed by atoms with Gasteiger partial charge in [-0.05, 0) is 102 Å². The van der Waals surface area contributed by atoms with Crippen molar-refractivity contribution >= 4 is 35.8 Å². The van der Waals surface area contributed by atoms with E-state index in [4.69, 9.17) is 33.2 Å². The van der Waals surface area contributed by atoms with Gasteiger partial charge in [0.2, 0.25) is 0 Å². The first-order valence-electron chi connectivity index (χ1n) is 21.4. The Morgan fingerprint density at radius 2 is 1.54 bits per heavy atom. The minimum atomic E-state index is -0.510. The highest BCUT2D eigenvalue weighted by Gasteiger charge is 2.66. The van der Waals surface area contributed by atoms with Gasteiger partial charge in [-0.25, -0.2) is 0 Å². The van der Waals surface area contributed by atoms with E-state index in [0.29, 0.717) is 56.1 Å². The zero-order valence-corrected chi connectivity index (χ0v) is 34.2. The molecule has 9 rings (SSSR count). The molecule has 15 atom stereocenters. The molecule has 0 radical (unpaired) electrons. The minimum Gasteiger partial charge on any atom is -0.465 e. The molecule has 9 aliphatic rings. The number of esters is 6. The van der Waals surface area contributed by atoms with Crippen molar-refractivity contribution in [3.63, 3.8) is 0 Å². The third kappa shape index (κ3) is 7.25. The lowest BCUT2D eigenvalue weighted by molar-refractivity contribution is -0.169. The Bertz CT molecular complexity index is 1570. The maximum Gasteiger partial charge on any atom is 0.312 e. The van der Waals surface area contributed by atoms with Crippen molar-refractivity contribution in [3.8, 4) is 0 Å². The lowest BCUT2D eigenvalue weighted by Gasteiger charge is -2.36. The quantitative estimate of drug-likeness (QED) is 0.208. The lowest BCUT2D eigenvalue weighted by Crippen LogP contribution is -2.42. The summed E-state index contributed by atoms with van der Waals surface area (Å²) < 4.78 is 38.2. The van der Waals surface area contributed by atoms with Crippen LogP contribution in [0.5, 0.6) is 0 Å². The molecule has 13 heteroatoms. The predicted octanol–water partition coefficient (Wildman–Crippen LogP) is 5.66. The van der Waals surface area contributed by atoms with E-state index in [-0.39, 0.29) is 88.8 Å². The molecule has 0 amide bonds. The van der Waals surface area contributed by atoms with Crippen molar-refractivity contribution in [2.75, 3.05) is 13.2 Å². The number of ether oxygens (including phenoxy) is 7. The molecule has 5 aliphatic heterocycles. The average Bonchev–Trinajstić information content (AvgIpc) is 4.05. The van der Waals surface area contributed by atoms with E-state index < -0.39 is 17.6 Å². The monoisotopic (exact) mass is 786 g/mol. The Morgan fingerprint density at radius 1 is 0.839 bits per heavy atom. The van der Waals surface area contributed by atoms with Gasteiger partial charge in [-0.2, -0.15) is 0 Å². The Hall–Kier alpha value is -3.22. The Labute approximate surface area is 330 Å². The maximum atomic E-state index is 12.1. The molecule has 312 valence electrons. The molecule has 0 aromatic carbocycles. The molecule has 0 aromatic rings. The van der Waals surface area contributed by atoms with Gasteiger partial charge in [-0.1, -0.05) is 34.6 Å². The highest BCUT2D eigenvalue weighted by molar-refractivity contribution is 5.80. The highest BCUT2D eigenvalue weighted by atomic mass is 16.7. The summed E-state index contributed by atoms with van der Waals surface area (Å²) in [6.07, 6.45) is 9.05. The van der Waals surface area contributed by atoms with Gasteiger partial charge in [0.05, 0.1) is 54.3 Å². The largest absolute Gasteiger partial charge is 0.465 e. The third-order valence-electron chi connectivity index (χ3n) is 15.4. The summed E-state index contributed by atoms with van der Waals surface area (Å²) in [4.78, 5) is 70.8. The normalized spacial score (nSPS) is 41.4. The van der Waals surface area contributed by atoms with Crippen molar-refractivity contribution in [2.45, 2.75) is 162 Å². The molecule has 4 saturated carbocycles. The maximum absolute atomic E-state index is 12.1. The first kappa shape index (κ1) is 41.0. The molecule has 0 aromatic heterocycles. The number of cyclic esters (lactones) is 2. The summed E-state index contributed by atoms with van der Waals surface area (Å²) in [5.41, 5.74) is -0.770. The van der Waals surface area contributed by atoms with Crippen LogP contribution in [0.2, 0.25) is 0 Å². The zero-order chi connectivity index (χ0) is 40.3. The van der Waals surface area contributed by atoms with E-state index in [0.717, 1.165) is 57.8 Å². The van der Waals surface area contributed by atoms with Crippen LogP contribution < -0.4 is 0 Å². The summed E-state index contributed by atoms with van der Waals surface area (Å²) in [6, 6.07) is 0. The molecule has 13 nitrogen and oxygen atoms in total. The van der Waals surface area contributed by atoms with Crippen LogP contribution >= 0.6 is 0 Å². The smallest absolute Gasteiger partial charge is 0.312 e. The molecule has 5 heterocycles. The predicted molar refractivity (Wildman–Crippen MR) is 197 cm³/mol. The van der Waals surface area contributed by atoms with Gasteiger partial charge in [0.15, 0.2) is 12.2 Å². The van der Waals surface area contributed by atoms with Crippen molar-refractivity contribution in [3.05, 3.63) is 0 Å². The zero-order valence-electron chi connectivity index (χ0n) is 34.2.